The Bertz CT molecular complexity index is 463. The predicted molar refractivity (Wildman–Crippen MR) is 76.2 cm³/mol. The van der Waals surface area contributed by atoms with Crippen LogP contribution in [0.3, 0.4) is 0 Å². The van der Waals surface area contributed by atoms with Gasteiger partial charge in [0.15, 0.2) is 0 Å². The SMILES string of the molecule is [Ba+2].[O-][P+](O)(O)c1ccccc1.[O-][P+]([O-])([O-])c1ccccc1. The topological polar surface area (TPSA) is 133 Å². The fourth-order valence-electron chi connectivity index (χ4n) is 1.23. The summed E-state index contributed by atoms with van der Waals surface area (Å²) in [5.41, 5.74) is 0. The summed E-state index contributed by atoms with van der Waals surface area (Å²) in [6.45, 7) is 0. The second kappa shape index (κ2) is 9.70. The van der Waals surface area contributed by atoms with E-state index in [2.05, 4.69) is 0 Å². The van der Waals surface area contributed by atoms with Crippen molar-refractivity contribution in [1.82, 2.24) is 0 Å². The van der Waals surface area contributed by atoms with E-state index in [1.807, 2.05) is 0 Å². The van der Waals surface area contributed by atoms with E-state index in [0.717, 1.165) is 0 Å². The van der Waals surface area contributed by atoms with Crippen molar-refractivity contribution >= 4 is 75.4 Å². The maximum absolute atomic E-state index is 10.5. The molecule has 0 radical (unpaired) electrons. The summed E-state index contributed by atoms with van der Waals surface area (Å²) in [6.07, 6.45) is 0. The minimum absolute atomic E-state index is 0. The summed E-state index contributed by atoms with van der Waals surface area (Å²) in [6, 6.07) is 14.9. The van der Waals surface area contributed by atoms with Gasteiger partial charge < -0.3 is 19.6 Å². The molecule has 6 nitrogen and oxygen atoms in total. The fourth-order valence-corrected chi connectivity index (χ4v) is 2.33. The Morgan fingerprint density at radius 1 is 0.619 bits per heavy atom. The van der Waals surface area contributed by atoms with E-state index >= 15 is 0 Å². The van der Waals surface area contributed by atoms with Gasteiger partial charge in [-0.3, -0.25) is 0 Å². The van der Waals surface area contributed by atoms with E-state index < -0.39 is 15.9 Å². The zero-order valence-electron chi connectivity index (χ0n) is 10.9. The maximum atomic E-state index is 10.5. The molecule has 0 saturated heterocycles. The number of benzene rings is 2. The first-order valence-corrected chi connectivity index (χ1v) is 8.55. The summed E-state index contributed by atoms with van der Waals surface area (Å²) in [5.74, 6) is 0. The van der Waals surface area contributed by atoms with E-state index in [9.17, 15) is 19.6 Å². The van der Waals surface area contributed by atoms with Crippen LogP contribution in [0.1, 0.15) is 0 Å². The largest absolute Gasteiger partial charge is 2.00 e. The van der Waals surface area contributed by atoms with Gasteiger partial charge in [-0.1, -0.05) is 36.4 Å². The van der Waals surface area contributed by atoms with Crippen LogP contribution in [0, 0.1) is 0 Å². The molecule has 0 aliphatic rings. The first-order valence-electron chi connectivity index (χ1n) is 5.40. The Kier molecular flexibility index (Phi) is 9.99. The van der Waals surface area contributed by atoms with Crippen molar-refractivity contribution in [2.24, 2.45) is 0 Å². The molecule has 0 aromatic heterocycles. The van der Waals surface area contributed by atoms with Crippen LogP contribution in [0.4, 0.5) is 0 Å². The van der Waals surface area contributed by atoms with Crippen LogP contribution in [0.2, 0.25) is 0 Å². The summed E-state index contributed by atoms with van der Waals surface area (Å²) in [5, 5.41) is -0.0926. The smallest absolute Gasteiger partial charge is 0.684 e. The Morgan fingerprint density at radius 2 is 0.952 bits per heavy atom. The second-order valence-electron chi connectivity index (χ2n) is 3.71. The minimum atomic E-state index is -4.52. The van der Waals surface area contributed by atoms with Crippen LogP contribution in [0.15, 0.2) is 60.7 Å². The summed E-state index contributed by atoms with van der Waals surface area (Å²) in [7, 11) is -8.54. The van der Waals surface area contributed by atoms with Crippen LogP contribution in [0.25, 0.3) is 0 Å². The molecule has 0 heterocycles. The van der Waals surface area contributed by atoms with Gasteiger partial charge in [-0.25, -0.2) is 9.79 Å². The summed E-state index contributed by atoms with van der Waals surface area (Å²) < 4.78 is 0. The third kappa shape index (κ3) is 8.74. The first-order chi connectivity index (χ1) is 9.21. The first kappa shape index (κ1) is 21.6. The van der Waals surface area contributed by atoms with E-state index in [0.29, 0.717) is 0 Å². The molecule has 0 fully saturated rings. The molecule has 2 rings (SSSR count). The molecule has 0 aliphatic carbocycles. The third-order valence-electron chi connectivity index (χ3n) is 2.16. The van der Waals surface area contributed by atoms with Gasteiger partial charge in [-0.15, -0.1) is 7.94 Å². The Hall–Kier alpha value is 0.631. The Balaban J connectivity index is 0.000000364. The van der Waals surface area contributed by atoms with Crippen molar-refractivity contribution in [2.75, 3.05) is 0 Å². The van der Waals surface area contributed by atoms with Crippen molar-refractivity contribution in [3.05, 3.63) is 60.7 Å². The molecule has 21 heavy (non-hydrogen) atoms. The number of hydrogen-bond donors (Lipinski definition) is 2. The van der Waals surface area contributed by atoms with E-state index in [4.69, 9.17) is 9.79 Å². The standard InChI is InChI=1S/2C6H7O3P.Ba/c2*7-10(8,9)6-4-2-1-3-5-6;/h2*1-5H,(H2,7,8,9);/q;;+2/p-2. The van der Waals surface area contributed by atoms with Crippen LogP contribution in [-0.2, 0) is 0 Å². The van der Waals surface area contributed by atoms with Gasteiger partial charge in [0.2, 0.25) is 0 Å². The fraction of sp³-hybridized carbons (Fsp3) is 0. The zero-order valence-corrected chi connectivity index (χ0v) is 17.1. The molecule has 0 aliphatic heterocycles. The molecular weight excluding hydrogens is 439 g/mol. The van der Waals surface area contributed by atoms with E-state index in [1.54, 1.807) is 24.3 Å². The van der Waals surface area contributed by atoms with Gasteiger partial charge in [0.25, 0.3) is 7.94 Å². The number of hydrogen-bond acceptors (Lipinski definition) is 6. The number of rotatable bonds is 2. The van der Waals surface area contributed by atoms with E-state index in [1.165, 1.54) is 36.4 Å². The molecule has 9 heteroatoms. The van der Waals surface area contributed by atoms with Gasteiger partial charge in [0.05, 0.1) is 5.30 Å². The van der Waals surface area contributed by atoms with Gasteiger partial charge in [0, 0.05) is 0 Å². The van der Waals surface area contributed by atoms with Gasteiger partial charge in [-0.2, -0.15) is 0 Å². The van der Waals surface area contributed by atoms with Crippen LogP contribution >= 0.6 is 15.9 Å². The molecule has 0 bridgehead atoms. The zero-order chi connectivity index (χ0) is 15.2. The van der Waals surface area contributed by atoms with Crippen LogP contribution in [-0.4, -0.2) is 58.7 Å². The molecule has 0 atom stereocenters. The van der Waals surface area contributed by atoms with Crippen molar-refractivity contribution in [3.63, 3.8) is 0 Å². The maximum Gasteiger partial charge on any atom is 2.00 e. The molecule has 2 N–H and O–H groups in total. The van der Waals surface area contributed by atoms with Crippen molar-refractivity contribution in [3.8, 4) is 0 Å². The molecule has 2 aromatic rings. The van der Waals surface area contributed by atoms with Crippen molar-refractivity contribution in [2.45, 2.75) is 0 Å². The molecular formula is C12H12BaO6P2. The summed E-state index contributed by atoms with van der Waals surface area (Å²) >= 11 is 0. The average Bonchev–Trinajstić information content (AvgIpc) is 2.40. The van der Waals surface area contributed by atoms with E-state index in [-0.39, 0.29) is 59.5 Å². The predicted octanol–water partition coefficient (Wildman–Crippen LogP) is -2.81. The van der Waals surface area contributed by atoms with Crippen molar-refractivity contribution < 1.29 is 29.4 Å². The van der Waals surface area contributed by atoms with Crippen molar-refractivity contribution in [1.29, 1.82) is 0 Å². The molecule has 2 aromatic carbocycles. The third-order valence-corrected chi connectivity index (χ3v) is 4.07. The monoisotopic (exact) mass is 452 g/mol. The van der Waals surface area contributed by atoms with Gasteiger partial charge in [-0.05, 0) is 24.3 Å². The summed E-state index contributed by atoms with van der Waals surface area (Å²) in [4.78, 5) is 58.6. The minimum Gasteiger partial charge on any atom is -0.684 e. The molecule has 0 amide bonds. The normalized spacial score (nSPS) is 11.0. The Morgan fingerprint density at radius 3 is 1.14 bits per heavy atom. The van der Waals surface area contributed by atoms with Gasteiger partial charge >= 0.3 is 48.9 Å². The van der Waals surface area contributed by atoms with Crippen LogP contribution in [0.5, 0.6) is 0 Å². The molecule has 0 spiro atoms. The van der Waals surface area contributed by atoms with Gasteiger partial charge in [0.1, 0.15) is 5.30 Å². The average molecular weight is 451 g/mol. The molecule has 108 valence electrons. The molecule has 0 saturated carbocycles. The second-order valence-corrected chi connectivity index (χ2v) is 6.83. The Labute approximate surface area is 164 Å². The van der Waals surface area contributed by atoms with Crippen LogP contribution < -0.4 is 30.2 Å². The molecule has 0 unspecified atom stereocenters. The quantitative estimate of drug-likeness (QED) is 0.374.